The SMILES string of the molecule is CCN(CC)CCOC1CCN(C(=O)C2CCCN2)CC1. The Hall–Kier alpha value is -0.650. The van der Waals surface area contributed by atoms with E-state index in [9.17, 15) is 4.79 Å². The number of rotatable bonds is 7. The van der Waals surface area contributed by atoms with Crippen LogP contribution in [-0.4, -0.2) is 73.7 Å². The summed E-state index contributed by atoms with van der Waals surface area (Å²) < 4.78 is 5.98. The molecule has 1 amide bonds. The fourth-order valence-electron chi connectivity index (χ4n) is 3.25. The summed E-state index contributed by atoms with van der Waals surface area (Å²) in [6.45, 7) is 11.1. The molecule has 0 bridgehead atoms. The van der Waals surface area contributed by atoms with Gasteiger partial charge in [-0.3, -0.25) is 4.79 Å². The second kappa shape index (κ2) is 8.71. The minimum absolute atomic E-state index is 0.0742. The Balaban J connectivity index is 1.62. The maximum Gasteiger partial charge on any atom is 0.239 e. The lowest BCUT2D eigenvalue weighted by atomic mass is 10.1. The Labute approximate surface area is 129 Å². The van der Waals surface area contributed by atoms with Gasteiger partial charge in [-0.15, -0.1) is 0 Å². The number of ether oxygens (including phenoxy) is 1. The number of nitrogens with zero attached hydrogens (tertiary/aromatic N) is 2. The van der Waals surface area contributed by atoms with Crippen LogP contribution in [0, 0.1) is 0 Å². The summed E-state index contributed by atoms with van der Waals surface area (Å²) in [5, 5.41) is 3.30. The average molecular weight is 297 g/mol. The molecule has 5 heteroatoms. The van der Waals surface area contributed by atoms with Gasteiger partial charge in [-0.2, -0.15) is 0 Å². The summed E-state index contributed by atoms with van der Waals surface area (Å²) in [6, 6.07) is 0.0742. The first-order valence-electron chi connectivity index (χ1n) is 8.60. The number of likely N-dealkylation sites (N-methyl/N-ethyl adjacent to an activating group) is 1. The Kier molecular flexibility index (Phi) is 6.93. The first kappa shape index (κ1) is 16.7. The summed E-state index contributed by atoms with van der Waals surface area (Å²) in [5.41, 5.74) is 0. The summed E-state index contributed by atoms with van der Waals surface area (Å²) in [6.07, 6.45) is 4.43. The van der Waals surface area contributed by atoms with Gasteiger partial charge in [0.2, 0.25) is 5.91 Å². The first-order valence-corrected chi connectivity index (χ1v) is 8.60. The molecular formula is C16H31N3O2. The molecule has 122 valence electrons. The molecule has 1 unspecified atom stereocenters. The maximum atomic E-state index is 12.3. The molecule has 0 saturated carbocycles. The normalized spacial score (nSPS) is 24.0. The highest BCUT2D eigenvalue weighted by Gasteiger charge is 2.29. The van der Waals surface area contributed by atoms with Gasteiger partial charge in [-0.1, -0.05) is 13.8 Å². The summed E-state index contributed by atoms with van der Waals surface area (Å²) in [5.74, 6) is 0.300. The second-order valence-corrected chi connectivity index (χ2v) is 6.07. The van der Waals surface area contributed by atoms with Crippen LogP contribution < -0.4 is 5.32 Å². The quantitative estimate of drug-likeness (QED) is 0.764. The van der Waals surface area contributed by atoms with Gasteiger partial charge in [0.15, 0.2) is 0 Å². The van der Waals surface area contributed by atoms with Crippen molar-refractivity contribution in [3.05, 3.63) is 0 Å². The van der Waals surface area contributed by atoms with Crippen LogP contribution in [0.15, 0.2) is 0 Å². The van der Waals surface area contributed by atoms with E-state index in [4.69, 9.17) is 4.74 Å². The number of carbonyl (C=O) groups excluding carboxylic acids is 1. The molecule has 0 aliphatic carbocycles. The molecule has 0 aromatic heterocycles. The molecule has 0 spiro atoms. The zero-order valence-corrected chi connectivity index (χ0v) is 13.6. The zero-order chi connectivity index (χ0) is 15.1. The molecule has 1 N–H and O–H groups in total. The molecule has 5 nitrogen and oxygen atoms in total. The summed E-state index contributed by atoms with van der Waals surface area (Å²) in [4.78, 5) is 16.7. The van der Waals surface area contributed by atoms with Crippen molar-refractivity contribution < 1.29 is 9.53 Å². The largest absolute Gasteiger partial charge is 0.377 e. The van der Waals surface area contributed by atoms with Crippen LogP contribution in [-0.2, 0) is 9.53 Å². The minimum Gasteiger partial charge on any atom is -0.377 e. The Morgan fingerprint density at radius 1 is 1.24 bits per heavy atom. The van der Waals surface area contributed by atoms with E-state index in [1.807, 2.05) is 4.90 Å². The lowest BCUT2D eigenvalue weighted by Gasteiger charge is -2.33. The fourth-order valence-corrected chi connectivity index (χ4v) is 3.25. The van der Waals surface area contributed by atoms with Gasteiger partial charge in [0.25, 0.3) is 0 Å². The van der Waals surface area contributed by atoms with E-state index < -0.39 is 0 Å². The number of likely N-dealkylation sites (tertiary alicyclic amines) is 1. The fraction of sp³-hybridized carbons (Fsp3) is 0.938. The number of piperidine rings is 1. The van der Waals surface area contributed by atoms with Crippen LogP contribution in [0.4, 0.5) is 0 Å². The molecule has 2 saturated heterocycles. The first-order chi connectivity index (χ1) is 10.2. The van der Waals surface area contributed by atoms with Crippen LogP contribution in [0.25, 0.3) is 0 Å². The number of nitrogens with one attached hydrogen (secondary N) is 1. The van der Waals surface area contributed by atoms with E-state index in [-0.39, 0.29) is 6.04 Å². The number of hydrogen-bond donors (Lipinski definition) is 1. The van der Waals surface area contributed by atoms with E-state index in [0.29, 0.717) is 12.0 Å². The van der Waals surface area contributed by atoms with Crippen molar-refractivity contribution in [3.63, 3.8) is 0 Å². The Morgan fingerprint density at radius 2 is 1.95 bits per heavy atom. The predicted octanol–water partition coefficient (Wildman–Crippen LogP) is 1.09. The summed E-state index contributed by atoms with van der Waals surface area (Å²) in [7, 11) is 0. The smallest absolute Gasteiger partial charge is 0.239 e. The van der Waals surface area contributed by atoms with E-state index in [0.717, 1.165) is 71.6 Å². The van der Waals surface area contributed by atoms with Crippen LogP contribution in [0.1, 0.15) is 39.5 Å². The van der Waals surface area contributed by atoms with Gasteiger partial charge in [0.05, 0.1) is 18.8 Å². The van der Waals surface area contributed by atoms with E-state index in [2.05, 4.69) is 24.1 Å². The van der Waals surface area contributed by atoms with Gasteiger partial charge < -0.3 is 19.9 Å². The molecule has 0 aromatic carbocycles. The Morgan fingerprint density at radius 3 is 2.52 bits per heavy atom. The van der Waals surface area contributed by atoms with Crippen molar-refractivity contribution in [2.75, 3.05) is 45.9 Å². The Bertz CT molecular complexity index is 307. The molecule has 0 radical (unpaired) electrons. The van der Waals surface area contributed by atoms with Crippen molar-refractivity contribution in [2.45, 2.75) is 51.7 Å². The molecule has 2 aliphatic rings. The van der Waals surface area contributed by atoms with Gasteiger partial charge in [-0.25, -0.2) is 0 Å². The van der Waals surface area contributed by atoms with Gasteiger partial charge in [-0.05, 0) is 45.3 Å². The predicted molar refractivity (Wildman–Crippen MR) is 84.4 cm³/mol. The van der Waals surface area contributed by atoms with Crippen molar-refractivity contribution in [2.24, 2.45) is 0 Å². The monoisotopic (exact) mass is 297 g/mol. The molecule has 2 heterocycles. The van der Waals surface area contributed by atoms with Crippen LogP contribution in [0.3, 0.4) is 0 Å². The molecule has 2 aliphatic heterocycles. The van der Waals surface area contributed by atoms with E-state index >= 15 is 0 Å². The van der Waals surface area contributed by atoms with Crippen LogP contribution >= 0.6 is 0 Å². The highest BCUT2D eigenvalue weighted by atomic mass is 16.5. The average Bonchev–Trinajstić information content (AvgIpc) is 3.06. The standard InChI is InChI=1S/C16H31N3O2/c1-3-18(4-2)12-13-21-14-7-10-19(11-8-14)16(20)15-6-5-9-17-15/h14-15,17H,3-13H2,1-2H3. The highest BCUT2D eigenvalue weighted by molar-refractivity contribution is 5.82. The van der Waals surface area contributed by atoms with E-state index in [1.165, 1.54) is 0 Å². The van der Waals surface area contributed by atoms with Crippen molar-refractivity contribution in [3.8, 4) is 0 Å². The minimum atomic E-state index is 0.0742. The number of carbonyl (C=O) groups is 1. The highest BCUT2D eigenvalue weighted by Crippen LogP contribution is 2.17. The molecule has 2 rings (SSSR count). The molecule has 2 fully saturated rings. The third-order valence-electron chi connectivity index (χ3n) is 4.77. The number of hydrogen-bond acceptors (Lipinski definition) is 4. The van der Waals surface area contributed by atoms with Crippen LogP contribution in [0.5, 0.6) is 0 Å². The van der Waals surface area contributed by atoms with Crippen molar-refractivity contribution >= 4 is 5.91 Å². The molecule has 21 heavy (non-hydrogen) atoms. The molecule has 1 atom stereocenters. The summed E-state index contributed by atoms with van der Waals surface area (Å²) >= 11 is 0. The zero-order valence-electron chi connectivity index (χ0n) is 13.6. The maximum absolute atomic E-state index is 12.3. The third-order valence-corrected chi connectivity index (χ3v) is 4.77. The topological polar surface area (TPSA) is 44.8 Å². The van der Waals surface area contributed by atoms with Crippen molar-refractivity contribution in [1.29, 1.82) is 0 Å². The lowest BCUT2D eigenvalue weighted by Crippen LogP contribution is -2.48. The number of amides is 1. The third kappa shape index (κ3) is 4.94. The van der Waals surface area contributed by atoms with Gasteiger partial charge in [0, 0.05) is 19.6 Å². The van der Waals surface area contributed by atoms with Gasteiger partial charge >= 0.3 is 0 Å². The van der Waals surface area contributed by atoms with Crippen LogP contribution in [0.2, 0.25) is 0 Å². The lowest BCUT2D eigenvalue weighted by molar-refractivity contribution is -0.135. The second-order valence-electron chi connectivity index (χ2n) is 6.07. The van der Waals surface area contributed by atoms with Gasteiger partial charge in [0.1, 0.15) is 0 Å². The molecular weight excluding hydrogens is 266 g/mol. The molecule has 0 aromatic rings. The van der Waals surface area contributed by atoms with E-state index in [1.54, 1.807) is 0 Å². The van der Waals surface area contributed by atoms with Crippen molar-refractivity contribution in [1.82, 2.24) is 15.1 Å².